The summed E-state index contributed by atoms with van der Waals surface area (Å²) in [5.41, 5.74) is 0.557. The maximum atomic E-state index is 12.2. The molecule has 1 aliphatic rings. The van der Waals surface area contributed by atoms with E-state index in [0.29, 0.717) is 24.4 Å². The van der Waals surface area contributed by atoms with Gasteiger partial charge in [0.25, 0.3) is 11.8 Å². The second kappa shape index (κ2) is 7.74. The zero-order valence-corrected chi connectivity index (χ0v) is 14.7. The first-order chi connectivity index (χ1) is 11.3. The second-order valence-electron chi connectivity index (χ2n) is 6.47. The fourth-order valence-electron chi connectivity index (χ4n) is 2.44. The van der Waals surface area contributed by atoms with Crippen molar-refractivity contribution in [1.82, 2.24) is 15.6 Å². The van der Waals surface area contributed by atoms with Gasteiger partial charge in [0.15, 0.2) is 9.84 Å². The van der Waals surface area contributed by atoms with Crippen molar-refractivity contribution < 1.29 is 18.0 Å². The van der Waals surface area contributed by atoms with Crippen molar-refractivity contribution in [3.8, 4) is 0 Å². The summed E-state index contributed by atoms with van der Waals surface area (Å²) >= 11 is 0. The molecule has 0 bridgehead atoms. The quantitative estimate of drug-likeness (QED) is 0.786. The fraction of sp³-hybridized carbons (Fsp3) is 0.562. The summed E-state index contributed by atoms with van der Waals surface area (Å²) in [4.78, 5) is 28.2. The van der Waals surface area contributed by atoms with E-state index in [4.69, 9.17) is 0 Å². The minimum Gasteiger partial charge on any atom is -0.352 e. The van der Waals surface area contributed by atoms with E-state index in [1.807, 2.05) is 0 Å². The van der Waals surface area contributed by atoms with Crippen LogP contribution in [0.4, 0.5) is 0 Å². The Labute approximate surface area is 142 Å². The zero-order valence-electron chi connectivity index (χ0n) is 13.9. The van der Waals surface area contributed by atoms with Gasteiger partial charge in [-0.2, -0.15) is 0 Å². The Morgan fingerprint density at radius 2 is 1.92 bits per heavy atom. The number of carbonyl (C=O) groups excluding carboxylic acids is 2. The molecule has 0 radical (unpaired) electrons. The lowest BCUT2D eigenvalue weighted by molar-refractivity contribution is 0.0940. The van der Waals surface area contributed by atoms with E-state index < -0.39 is 15.7 Å². The molecule has 24 heavy (non-hydrogen) atoms. The summed E-state index contributed by atoms with van der Waals surface area (Å²) in [5, 5.41) is 5.48. The summed E-state index contributed by atoms with van der Waals surface area (Å²) in [7, 11) is -3.06. The Balaban J connectivity index is 1.96. The topological polar surface area (TPSA) is 105 Å². The molecule has 1 aromatic rings. The Bertz CT molecular complexity index is 716. The van der Waals surface area contributed by atoms with Crippen LogP contribution in [0.5, 0.6) is 0 Å². The molecule has 1 aliphatic heterocycles. The third-order valence-corrected chi connectivity index (χ3v) is 5.61. The predicted octanol–water partition coefficient (Wildman–Crippen LogP) is 0.774. The van der Waals surface area contributed by atoms with Gasteiger partial charge < -0.3 is 10.6 Å². The molecule has 7 nitrogen and oxygen atoms in total. The molecule has 1 aromatic heterocycles. The average molecular weight is 353 g/mol. The number of rotatable bonds is 6. The Morgan fingerprint density at radius 1 is 1.25 bits per heavy atom. The third kappa shape index (κ3) is 5.30. The highest BCUT2D eigenvalue weighted by Crippen LogP contribution is 2.12. The van der Waals surface area contributed by atoms with Crippen LogP contribution in [0.3, 0.4) is 0 Å². The first kappa shape index (κ1) is 18.4. The van der Waals surface area contributed by atoms with E-state index in [1.165, 1.54) is 18.5 Å². The molecule has 8 heteroatoms. The van der Waals surface area contributed by atoms with Crippen LogP contribution in [-0.2, 0) is 9.84 Å². The number of pyridine rings is 1. The molecule has 2 N–H and O–H groups in total. The minimum atomic E-state index is -3.06. The van der Waals surface area contributed by atoms with Gasteiger partial charge in [-0.15, -0.1) is 0 Å². The monoisotopic (exact) mass is 353 g/mol. The van der Waals surface area contributed by atoms with Gasteiger partial charge in [0.2, 0.25) is 0 Å². The van der Waals surface area contributed by atoms with Crippen LogP contribution < -0.4 is 10.6 Å². The van der Waals surface area contributed by atoms with E-state index >= 15 is 0 Å². The first-order valence-corrected chi connectivity index (χ1v) is 9.83. The van der Waals surface area contributed by atoms with Gasteiger partial charge in [0.1, 0.15) is 0 Å². The first-order valence-electron chi connectivity index (χ1n) is 8.01. The number of sulfone groups is 1. The number of hydrogen-bond acceptors (Lipinski definition) is 5. The molecule has 0 aromatic carbocycles. The molecular formula is C16H23N3O4S. The third-order valence-electron chi connectivity index (χ3n) is 3.84. The molecule has 0 spiro atoms. The lowest BCUT2D eigenvalue weighted by Crippen LogP contribution is -2.35. The zero-order chi connectivity index (χ0) is 17.7. The van der Waals surface area contributed by atoms with Crippen LogP contribution in [-0.4, -0.2) is 49.3 Å². The highest BCUT2D eigenvalue weighted by Gasteiger charge is 2.29. The van der Waals surface area contributed by atoms with E-state index in [-0.39, 0.29) is 29.0 Å². The number of nitrogens with one attached hydrogen (secondary N) is 2. The highest BCUT2D eigenvalue weighted by molar-refractivity contribution is 7.91. The number of nitrogens with zero attached hydrogens (tertiary/aromatic N) is 1. The lowest BCUT2D eigenvalue weighted by atomic mass is 10.1. The van der Waals surface area contributed by atoms with E-state index in [2.05, 4.69) is 29.5 Å². The van der Waals surface area contributed by atoms with Gasteiger partial charge in [0, 0.05) is 25.0 Å². The molecule has 2 rings (SSSR count). The fourth-order valence-corrected chi connectivity index (χ4v) is 4.12. The summed E-state index contributed by atoms with van der Waals surface area (Å²) in [6, 6.07) is 1.09. The normalized spacial score (nSPS) is 19.2. The maximum Gasteiger partial charge on any atom is 0.253 e. The SMILES string of the molecule is CC(C)CCNC(=O)c1cncc(C(=O)NC2CCS(=O)(=O)C2)c1. The Kier molecular flexibility index (Phi) is 5.93. The van der Waals surface area contributed by atoms with Crippen molar-refractivity contribution in [1.29, 1.82) is 0 Å². The highest BCUT2D eigenvalue weighted by atomic mass is 32.2. The maximum absolute atomic E-state index is 12.2. The number of aromatic nitrogens is 1. The van der Waals surface area contributed by atoms with E-state index in [1.54, 1.807) is 0 Å². The second-order valence-corrected chi connectivity index (χ2v) is 8.70. The van der Waals surface area contributed by atoms with E-state index in [9.17, 15) is 18.0 Å². The number of carbonyl (C=O) groups is 2. The van der Waals surface area contributed by atoms with Gasteiger partial charge in [-0.3, -0.25) is 14.6 Å². The van der Waals surface area contributed by atoms with Crippen molar-refractivity contribution in [2.45, 2.75) is 32.7 Å². The van der Waals surface area contributed by atoms with Crippen LogP contribution in [0.25, 0.3) is 0 Å². The van der Waals surface area contributed by atoms with Crippen LogP contribution in [0.15, 0.2) is 18.5 Å². The molecule has 2 heterocycles. The standard InChI is InChI=1S/C16H23N3O4S/c1-11(2)3-5-18-15(20)12-7-13(9-17-8-12)16(21)19-14-4-6-24(22,23)10-14/h7-9,11,14H,3-6,10H2,1-2H3,(H,18,20)(H,19,21). The van der Waals surface area contributed by atoms with Gasteiger partial charge in [0.05, 0.1) is 22.6 Å². The summed E-state index contributed by atoms with van der Waals surface area (Å²) in [5.74, 6) is -0.151. The molecule has 132 valence electrons. The molecule has 1 fully saturated rings. The van der Waals surface area contributed by atoms with E-state index in [0.717, 1.165) is 6.42 Å². The molecule has 1 saturated heterocycles. The number of hydrogen-bond donors (Lipinski definition) is 2. The van der Waals surface area contributed by atoms with Crippen molar-refractivity contribution in [2.75, 3.05) is 18.1 Å². The molecule has 0 aliphatic carbocycles. The van der Waals surface area contributed by atoms with Crippen molar-refractivity contribution in [3.05, 3.63) is 29.6 Å². The largest absolute Gasteiger partial charge is 0.352 e. The molecular weight excluding hydrogens is 330 g/mol. The number of amides is 2. The summed E-state index contributed by atoms with van der Waals surface area (Å²) in [6.07, 6.45) is 4.05. The van der Waals surface area contributed by atoms with Gasteiger partial charge in [-0.25, -0.2) is 8.42 Å². The van der Waals surface area contributed by atoms with Gasteiger partial charge in [-0.05, 0) is 24.8 Å². The van der Waals surface area contributed by atoms with Gasteiger partial charge >= 0.3 is 0 Å². The summed E-state index contributed by atoms with van der Waals surface area (Å²) in [6.45, 7) is 4.71. The molecule has 1 unspecified atom stereocenters. The average Bonchev–Trinajstić information content (AvgIpc) is 2.85. The summed E-state index contributed by atoms with van der Waals surface area (Å²) < 4.78 is 22.9. The minimum absolute atomic E-state index is 0.0401. The molecule has 2 amide bonds. The van der Waals surface area contributed by atoms with Crippen LogP contribution in [0.1, 0.15) is 47.4 Å². The Hall–Kier alpha value is -1.96. The van der Waals surface area contributed by atoms with Crippen LogP contribution in [0.2, 0.25) is 0 Å². The lowest BCUT2D eigenvalue weighted by Gasteiger charge is -2.11. The molecule has 0 saturated carbocycles. The van der Waals surface area contributed by atoms with Crippen LogP contribution in [0, 0.1) is 5.92 Å². The smallest absolute Gasteiger partial charge is 0.253 e. The van der Waals surface area contributed by atoms with Crippen molar-refractivity contribution >= 4 is 21.7 Å². The molecule has 1 atom stereocenters. The predicted molar refractivity (Wildman–Crippen MR) is 90.6 cm³/mol. The van der Waals surface area contributed by atoms with Crippen molar-refractivity contribution in [2.24, 2.45) is 5.92 Å². The van der Waals surface area contributed by atoms with Crippen LogP contribution >= 0.6 is 0 Å². The van der Waals surface area contributed by atoms with Crippen molar-refractivity contribution in [3.63, 3.8) is 0 Å². The van der Waals surface area contributed by atoms with Gasteiger partial charge in [-0.1, -0.05) is 13.8 Å². The Morgan fingerprint density at radius 3 is 2.50 bits per heavy atom.